The largest absolute Gasteiger partial charge is 0.396 e. The number of nitrogens with zero attached hydrogens (tertiary/aromatic N) is 1. The normalized spacial score (nSPS) is 29.2. The fraction of sp³-hybridized carbons (Fsp3) is 1.00. The molecule has 0 aromatic carbocycles. The highest BCUT2D eigenvalue weighted by Gasteiger charge is 2.25. The van der Waals surface area contributed by atoms with Gasteiger partial charge in [0, 0.05) is 19.7 Å². The summed E-state index contributed by atoms with van der Waals surface area (Å²) in [6.07, 6.45) is 2.65. The van der Waals surface area contributed by atoms with Gasteiger partial charge in [-0.05, 0) is 38.1 Å². The number of hydrogen-bond acceptors (Lipinski definition) is 4. The number of piperidine rings is 1. The average Bonchev–Trinajstić information content (AvgIpc) is 2.24. The van der Waals surface area contributed by atoms with Gasteiger partial charge in [0.25, 0.3) is 0 Å². The molecule has 3 atom stereocenters. The lowest BCUT2D eigenvalue weighted by molar-refractivity contribution is -0.0386. The molecular formula is C12H25NO3. The molecule has 16 heavy (non-hydrogen) atoms. The second-order valence-electron chi connectivity index (χ2n) is 4.98. The summed E-state index contributed by atoms with van der Waals surface area (Å²) in [7, 11) is 0. The van der Waals surface area contributed by atoms with Crippen molar-refractivity contribution >= 4 is 0 Å². The molecule has 0 amide bonds. The molecule has 1 saturated heterocycles. The first-order valence-corrected chi connectivity index (χ1v) is 6.32. The maximum absolute atomic E-state index is 9.52. The molecule has 0 saturated carbocycles. The first-order chi connectivity index (χ1) is 7.63. The van der Waals surface area contributed by atoms with Crippen LogP contribution in [-0.4, -0.2) is 58.7 Å². The third kappa shape index (κ3) is 4.78. The molecule has 0 aliphatic carbocycles. The Balaban J connectivity index is 2.09. The van der Waals surface area contributed by atoms with Crippen molar-refractivity contribution in [2.24, 2.45) is 5.92 Å². The van der Waals surface area contributed by atoms with Crippen LogP contribution < -0.4 is 0 Å². The number of aliphatic hydroxyl groups is 3. The van der Waals surface area contributed by atoms with Gasteiger partial charge in [-0.1, -0.05) is 6.92 Å². The van der Waals surface area contributed by atoms with Crippen LogP contribution in [0.1, 0.15) is 32.6 Å². The number of likely N-dealkylation sites (tertiary alicyclic amines) is 1. The smallest absolute Gasteiger partial charge is 0.0926 e. The van der Waals surface area contributed by atoms with E-state index in [4.69, 9.17) is 5.11 Å². The summed E-state index contributed by atoms with van der Waals surface area (Å²) in [5.41, 5.74) is 0. The van der Waals surface area contributed by atoms with E-state index in [1.807, 2.05) is 0 Å². The summed E-state index contributed by atoms with van der Waals surface area (Å²) >= 11 is 0. The van der Waals surface area contributed by atoms with E-state index in [0.29, 0.717) is 18.9 Å². The summed E-state index contributed by atoms with van der Waals surface area (Å²) in [4.78, 5) is 2.21. The van der Waals surface area contributed by atoms with E-state index < -0.39 is 12.2 Å². The summed E-state index contributed by atoms with van der Waals surface area (Å²) in [5, 5.41) is 27.7. The van der Waals surface area contributed by atoms with Crippen LogP contribution in [0.3, 0.4) is 0 Å². The molecule has 0 aromatic rings. The molecule has 0 bridgehead atoms. The second kappa shape index (κ2) is 7.22. The summed E-state index contributed by atoms with van der Waals surface area (Å²) in [6, 6.07) is 0. The van der Waals surface area contributed by atoms with Crippen molar-refractivity contribution in [1.29, 1.82) is 0 Å². The van der Waals surface area contributed by atoms with Crippen molar-refractivity contribution < 1.29 is 15.3 Å². The van der Waals surface area contributed by atoms with Crippen molar-refractivity contribution in [3.05, 3.63) is 0 Å². The van der Waals surface area contributed by atoms with Gasteiger partial charge in [0.15, 0.2) is 0 Å². The Bertz CT molecular complexity index is 189. The number of aliphatic hydroxyl groups excluding tert-OH is 3. The molecule has 0 spiro atoms. The molecule has 1 rings (SSSR count). The highest BCUT2D eigenvalue weighted by Crippen LogP contribution is 2.14. The van der Waals surface area contributed by atoms with Gasteiger partial charge in [-0.15, -0.1) is 0 Å². The molecule has 4 nitrogen and oxygen atoms in total. The number of hydrogen-bond donors (Lipinski definition) is 3. The van der Waals surface area contributed by atoms with E-state index in [2.05, 4.69) is 11.8 Å². The molecule has 2 unspecified atom stereocenters. The Morgan fingerprint density at radius 2 is 2.00 bits per heavy atom. The quantitative estimate of drug-likeness (QED) is 0.611. The van der Waals surface area contributed by atoms with Crippen molar-refractivity contribution in [3.63, 3.8) is 0 Å². The average molecular weight is 231 g/mol. The van der Waals surface area contributed by atoms with Crippen LogP contribution in [0.4, 0.5) is 0 Å². The number of rotatable bonds is 6. The SMILES string of the molecule is C[C@@H](CCO)CCCN1CCC(O)C(O)C1. The van der Waals surface area contributed by atoms with E-state index in [-0.39, 0.29) is 6.61 Å². The standard InChI is InChI=1S/C12H25NO3/c1-10(5-8-14)3-2-6-13-7-4-11(15)12(16)9-13/h10-12,14-16H,2-9H2,1H3/t10-,11?,12?/m1/s1. The fourth-order valence-electron chi connectivity index (χ4n) is 2.22. The minimum atomic E-state index is -0.580. The Morgan fingerprint density at radius 1 is 1.25 bits per heavy atom. The van der Waals surface area contributed by atoms with Crippen LogP contribution in [0.5, 0.6) is 0 Å². The van der Waals surface area contributed by atoms with Crippen LogP contribution >= 0.6 is 0 Å². The Hall–Kier alpha value is -0.160. The first kappa shape index (κ1) is 13.9. The van der Waals surface area contributed by atoms with E-state index in [1.54, 1.807) is 0 Å². The lowest BCUT2D eigenvalue weighted by Crippen LogP contribution is -2.46. The lowest BCUT2D eigenvalue weighted by Gasteiger charge is -2.33. The summed E-state index contributed by atoms with van der Waals surface area (Å²) < 4.78 is 0. The predicted octanol–water partition coefficient (Wildman–Crippen LogP) is 0.213. The Kier molecular flexibility index (Phi) is 6.28. The maximum atomic E-state index is 9.52. The Labute approximate surface area is 97.9 Å². The van der Waals surface area contributed by atoms with Crippen LogP contribution in [0.2, 0.25) is 0 Å². The van der Waals surface area contributed by atoms with Crippen molar-refractivity contribution in [1.82, 2.24) is 4.90 Å². The highest BCUT2D eigenvalue weighted by atomic mass is 16.3. The molecule has 4 heteroatoms. The van der Waals surface area contributed by atoms with Gasteiger partial charge in [-0.3, -0.25) is 0 Å². The molecule has 0 radical (unpaired) electrons. The molecule has 3 N–H and O–H groups in total. The maximum Gasteiger partial charge on any atom is 0.0926 e. The third-order valence-corrected chi connectivity index (χ3v) is 3.42. The van der Waals surface area contributed by atoms with Crippen molar-refractivity contribution in [2.45, 2.75) is 44.8 Å². The lowest BCUT2D eigenvalue weighted by atomic mass is 10.0. The third-order valence-electron chi connectivity index (χ3n) is 3.42. The fourth-order valence-corrected chi connectivity index (χ4v) is 2.22. The monoisotopic (exact) mass is 231 g/mol. The van der Waals surface area contributed by atoms with Gasteiger partial charge < -0.3 is 20.2 Å². The van der Waals surface area contributed by atoms with E-state index in [9.17, 15) is 10.2 Å². The molecule has 0 aromatic heterocycles. The zero-order chi connectivity index (χ0) is 12.0. The Morgan fingerprint density at radius 3 is 2.62 bits per heavy atom. The minimum Gasteiger partial charge on any atom is -0.396 e. The van der Waals surface area contributed by atoms with E-state index >= 15 is 0 Å². The van der Waals surface area contributed by atoms with E-state index in [1.165, 1.54) is 0 Å². The molecule has 1 heterocycles. The predicted molar refractivity (Wildman–Crippen MR) is 63.2 cm³/mol. The van der Waals surface area contributed by atoms with Crippen molar-refractivity contribution in [3.8, 4) is 0 Å². The molecule has 1 fully saturated rings. The molecule has 1 aliphatic heterocycles. The minimum absolute atomic E-state index is 0.274. The molecule has 96 valence electrons. The summed E-state index contributed by atoms with van der Waals surface area (Å²) in [5.74, 6) is 0.574. The van der Waals surface area contributed by atoms with Crippen LogP contribution in [0, 0.1) is 5.92 Å². The zero-order valence-corrected chi connectivity index (χ0v) is 10.2. The molecule has 1 aliphatic rings. The van der Waals surface area contributed by atoms with E-state index in [0.717, 1.165) is 32.4 Å². The number of β-amino-alcohol motifs (C(OH)–C–C–N with tert-alkyl or cyclic N) is 1. The van der Waals surface area contributed by atoms with Gasteiger partial charge in [0.05, 0.1) is 12.2 Å². The zero-order valence-electron chi connectivity index (χ0n) is 10.2. The van der Waals surface area contributed by atoms with Crippen molar-refractivity contribution in [2.75, 3.05) is 26.2 Å². The van der Waals surface area contributed by atoms with Crippen LogP contribution in [0.15, 0.2) is 0 Å². The summed E-state index contributed by atoms with van der Waals surface area (Å²) in [6.45, 7) is 4.89. The topological polar surface area (TPSA) is 63.9 Å². The van der Waals surface area contributed by atoms with Gasteiger partial charge in [0.2, 0.25) is 0 Å². The van der Waals surface area contributed by atoms with Gasteiger partial charge in [0.1, 0.15) is 0 Å². The second-order valence-corrected chi connectivity index (χ2v) is 4.98. The highest BCUT2D eigenvalue weighted by molar-refractivity contribution is 4.79. The van der Waals surface area contributed by atoms with Crippen LogP contribution in [0.25, 0.3) is 0 Å². The van der Waals surface area contributed by atoms with Gasteiger partial charge in [-0.25, -0.2) is 0 Å². The first-order valence-electron chi connectivity index (χ1n) is 6.32. The van der Waals surface area contributed by atoms with Gasteiger partial charge in [-0.2, -0.15) is 0 Å². The molecular weight excluding hydrogens is 206 g/mol. The van der Waals surface area contributed by atoms with Crippen LogP contribution in [-0.2, 0) is 0 Å². The van der Waals surface area contributed by atoms with Gasteiger partial charge >= 0.3 is 0 Å².